The average molecular weight is 570 g/mol. The van der Waals surface area contributed by atoms with E-state index in [0.29, 0.717) is 24.0 Å². The van der Waals surface area contributed by atoms with E-state index < -0.39 is 12.8 Å². The average Bonchev–Trinajstić information content (AvgIpc) is 2.70. The second kappa shape index (κ2) is 13.9. The number of halogens is 4. The number of benzene rings is 1. The molecule has 1 amide bonds. The van der Waals surface area contributed by atoms with Crippen molar-refractivity contribution in [3.8, 4) is 0 Å². The van der Waals surface area contributed by atoms with Crippen LogP contribution in [-0.2, 0) is 22.7 Å². The summed E-state index contributed by atoms with van der Waals surface area (Å²) in [5.74, 6) is 1.02. The van der Waals surface area contributed by atoms with Crippen LogP contribution in [0.3, 0.4) is 0 Å². The summed E-state index contributed by atoms with van der Waals surface area (Å²) in [5.41, 5.74) is 1.51. The number of carbonyl (C=O) groups excluding carboxylic acids is 1. The Bertz CT molecular complexity index is 744. The number of ether oxygens (including phenoxy) is 1. The van der Waals surface area contributed by atoms with E-state index >= 15 is 0 Å². The number of carbonyl (C=O) groups is 1. The Morgan fingerprint density at radius 1 is 1.22 bits per heavy atom. The Kier molecular flexibility index (Phi) is 12.3. The molecule has 182 valence electrons. The van der Waals surface area contributed by atoms with Gasteiger partial charge in [-0.2, -0.15) is 13.2 Å². The Morgan fingerprint density at radius 2 is 1.91 bits per heavy atom. The molecule has 2 rings (SSSR count). The van der Waals surface area contributed by atoms with Crippen LogP contribution in [0.5, 0.6) is 0 Å². The van der Waals surface area contributed by atoms with E-state index in [-0.39, 0.29) is 49.1 Å². The van der Waals surface area contributed by atoms with Crippen LogP contribution in [0.25, 0.3) is 0 Å². The van der Waals surface area contributed by atoms with Crippen molar-refractivity contribution in [2.24, 2.45) is 10.9 Å². The number of nitrogens with zero attached hydrogens (tertiary/aromatic N) is 2. The van der Waals surface area contributed by atoms with Gasteiger partial charge < -0.3 is 20.3 Å². The lowest BCUT2D eigenvalue weighted by Crippen LogP contribution is -2.49. The topological polar surface area (TPSA) is 66.0 Å². The number of amides is 1. The highest BCUT2D eigenvalue weighted by Crippen LogP contribution is 2.23. The Morgan fingerprint density at radius 3 is 2.56 bits per heavy atom. The normalized spacial score (nSPS) is 19.1. The highest BCUT2D eigenvalue weighted by Gasteiger charge is 2.27. The van der Waals surface area contributed by atoms with Crippen molar-refractivity contribution in [1.29, 1.82) is 0 Å². The number of rotatable bonds is 8. The summed E-state index contributed by atoms with van der Waals surface area (Å²) in [4.78, 5) is 18.1. The van der Waals surface area contributed by atoms with E-state index in [2.05, 4.69) is 22.5 Å². The van der Waals surface area contributed by atoms with Crippen LogP contribution in [-0.4, -0.2) is 56.2 Å². The molecule has 0 bridgehead atoms. The highest BCUT2D eigenvalue weighted by molar-refractivity contribution is 14.0. The van der Waals surface area contributed by atoms with Gasteiger partial charge in [-0.15, -0.1) is 24.0 Å². The van der Waals surface area contributed by atoms with Crippen LogP contribution in [0.2, 0.25) is 0 Å². The first-order valence-electron chi connectivity index (χ1n) is 10.6. The summed E-state index contributed by atoms with van der Waals surface area (Å²) >= 11 is 0. The maximum absolute atomic E-state index is 12.3. The van der Waals surface area contributed by atoms with E-state index in [9.17, 15) is 18.0 Å². The molecule has 1 aromatic carbocycles. The Balaban J connectivity index is 0.00000512. The van der Waals surface area contributed by atoms with Crippen LogP contribution in [0.1, 0.15) is 43.7 Å². The van der Waals surface area contributed by atoms with E-state index in [0.717, 1.165) is 24.8 Å². The summed E-state index contributed by atoms with van der Waals surface area (Å²) in [5, 5.41) is 6.56. The number of nitrogens with one attached hydrogen (secondary N) is 2. The molecule has 1 fully saturated rings. The Labute approximate surface area is 205 Å². The van der Waals surface area contributed by atoms with Crippen molar-refractivity contribution in [3.63, 3.8) is 0 Å². The van der Waals surface area contributed by atoms with Gasteiger partial charge in [-0.3, -0.25) is 4.79 Å². The molecule has 0 spiro atoms. The first-order valence-corrected chi connectivity index (χ1v) is 10.6. The number of likely N-dealkylation sites (N-methyl/N-ethyl adjacent to an activating group) is 1. The van der Waals surface area contributed by atoms with Crippen molar-refractivity contribution in [3.05, 3.63) is 35.4 Å². The molecule has 0 aliphatic heterocycles. The molecule has 10 heteroatoms. The molecular formula is C22H34F3IN4O2. The van der Waals surface area contributed by atoms with Gasteiger partial charge in [0, 0.05) is 20.1 Å². The molecule has 1 aliphatic carbocycles. The van der Waals surface area contributed by atoms with Gasteiger partial charge in [-0.05, 0) is 29.9 Å². The van der Waals surface area contributed by atoms with Crippen molar-refractivity contribution in [2.75, 3.05) is 27.2 Å². The third-order valence-corrected chi connectivity index (χ3v) is 5.29. The fourth-order valence-corrected chi connectivity index (χ4v) is 3.45. The van der Waals surface area contributed by atoms with E-state index in [1.165, 1.54) is 11.3 Å². The highest BCUT2D eigenvalue weighted by atomic mass is 127. The zero-order valence-corrected chi connectivity index (χ0v) is 21.2. The third kappa shape index (κ3) is 10.8. The molecule has 1 aliphatic rings. The van der Waals surface area contributed by atoms with Gasteiger partial charge in [-0.25, -0.2) is 4.99 Å². The molecule has 6 nitrogen and oxygen atoms in total. The summed E-state index contributed by atoms with van der Waals surface area (Å²) in [6, 6.07) is 7.43. The van der Waals surface area contributed by atoms with Crippen LogP contribution >= 0.6 is 24.0 Å². The minimum atomic E-state index is -4.34. The van der Waals surface area contributed by atoms with Crippen LogP contribution in [0.15, 0.2) is 29.3 Å². The van der Waals surface area contributed by atoms with E-state index in [1.54, 1.807) is 32.3 Å². The summed E-state index contributed by atoms with van der Waals surface area (Å²) < 4.78 is 41.5. The molecule has 1 saturated carbocycles. The molecule has 2 atom stereocenters. The fraction of sp³-hybridized carbons (Fsp3) is 0.636. The fourth-order valence-electron chi connectivity index (χ4n) is 3.45. The molecule has 2 N–H and O–H groups in total. The SMILES string of the molecule is CC1CCCCC1NC(=NCc1cccc(COCC(F)(F)F)c1)NCC(=O)N(C)C.I. The van der Waals surface area contributed by atoms with E-state index in [4.69, 9.17) is 4.74 Å². The standard InChI is InChI=1S/C22H33F3N4O2.HI/c1-16-7-4-5-10-19(16)28-21(27-13-20(30)29(2)3)26-12-17-8-6-9-18(11-17)14-31-15-22(23,24)25;/h6,8-9,11,16,19H,4-5,7,10,12-15H2,1-3H3,(H2,26,27,28);1H. The number of hydrogen-bond donors (Lipinski definition) is 2. The van der Waals surface area contributed by atoms with Crippen molar-refractivity contribution in [2.45, 2.75) is 58.0 Å². The van der Waals surface area contributed by atoms with Crippen LogP contribution in [0.4, 0.5) is 13.2 Å². The molecule has 2 unspecified atom stereocenters. The Hall–Kier alpha value is -1.56. The first-order chi connectivity index (χ1) is 14.6. The second-order valence-electron chi connectivity index (χ2n) is 8.25. The zero-order valence-electron chi connectivity index (χ0n) is 18.9. The smallest absolute Gasteiger partial charge is 0.367 e. The maximum Gasteiger partial charge on any atom is 0.411 e. The molecular weight excluding hydrogens is 536 g/mol. The van der Waals surface area contributed by atoms with Crippen molar-refractivity contribution in [1.82, 2.24) is 15.5 Å². The van der Waals surface area contributed by atoms with Gasteiger partial charge in [0.25, 0.3) is 0 Å². The van der Waals surface area contributed by atoms with Gasteiger partial charge in [-0.1, -0.05) is 44.0 Å². The number of hydrogen-bond acceptors (Lipinski definition) is 3. The predicted molar refractivity (Wildman–Crippen MR) is 130 cm³/mol. The molecule has 0 aromatic heterocycles. The molecule has 32 heavy (non-hydrogen) atoms. The molecule has 1 aromatic rings. The van der Waals surface area contributed by atoms with Gasteiger partial charge in [0.1, 0.15) is 6.61 Å². The predicted octanol–water partition coefficient (Wildman–Crippen LogP) is 4.09. The third-order valence-electron chi connectivity index (χ3n) is 5.29. The van der Waals surface area contributed by atoms with E-state index in [1.807, 2.05) is 6.07 Å². The lowest BCUT2D eigenvalue weighted by atomic mass is 9.86. The summed E-state index contributed by atoms with van der Waals surface area (Å²) in [7, 11) is 3.40. The number of guanidine groups is 1. The summed E-state index contributed by atoms with van der Waals surface area (Å²) in [6.45, 7) is 1.29. The summed E-state index contributed by atoms with van der Waals surface area (Å²) in [6.07, 6.45) is 0.249. The number of aliphatic imine (C=N–C) groups is 1. The lowest BCUT2D eigenvalue weighted by molar-refractivity contribution is -0.176. The quantitative estimate of drug-likeness (QED) is 0.281. The monoisotopic (exact) mass is 570 g/mol. The van der Waals surface area contributed by atoms with Crippen LogP contribution < -0.4 is 10.6 Å². The molecule has 0 saturated heterocycles. The largest absolute Gasteiger partial charge is 0.411 e. The second-order valence-corrected chi connectivity index (χ2v) is 8.25. The number of alkyl halides is 3. The molecule has 0 radical (unpaired) electrons. The van der Waals surface area contributed by atoms with Crippen LogP contribution in [0, 0.1) is 5.92 Å². The van der Waals surface area contributed by atoms with Crippen molar-refractivity contribution < 1.29 is 22.7 Å². The lowest BCUT2D eigenvalue weighted by Gasteiger charge is -2.31. The van der Waals surface area contributed by atoms with Gasteiger partial charge >= 0.3 is 6.18 Å². The first kappa shape index (κ1) is 28.5. The van der Waals surface area contributed by atoms with Crippen molar-refractivity contribution >= 4 is 35.8 Å². The molecule has 0 heterocycles. The zero-order chi connectivity index (χ0) is 22.9. The maximum atomic E-state index is 12.3. The minimum absolute atomic E-state index is 0. The van der Waals surface area contributed by atoms with Gasteiger partial charge in [0.15, 0.2) is 5.96 Å². The minimum Gasteiger partial charge on any atom is -0.367 e. The van der Waals surface area contributed by atoms with Gasteiger partial charge in [0.05, 0.1) is 19.7 Å². The van der Waals surface area contributed by atoms with Gasteiger partial charge in [0.2, 0.25) is 5.91 Å².